The molecule has 1 amide bonds. The standard InChI is InChI=1S/C9H16BrNO2/c10-6-5-7-1-3-8(4-2-7)11-9(12)13/h7-8,11H,1-6H2,(H,12,13)/t7-,8+. The maximum Gasteiger partial charge on any atom is 0.404 e. The number of rotatable bonds is 3. The number of nitrogens with one attached hydrogen (secondary N) is 1. The van der Waals surface area contributed by atoms with E-state index in [1.807, 2.05) is 0 Å². The predicted octanol–water partition coefficient (Wildman–Crippen LogP) is 2.60. The molecule has 1 aliphatic rings. The highest BCUT2D eigenvalue weighted by molar-refractivity contribution is 9.09. The third-order valence-electron chi connectivity index (χ3n) is 2.69. The van der Waals surface area contributed by atoms with Crippen LogP contribution in [-0.4, -0.2) is 22.6 Å². The van der Waals surface area contributed by atoms with E-state index in [4.69, 9.17) is 5.11 Å². The van der Waals surface area contributed by atoms with Gasteiger partial charge in [-0.25, -0.2) is 4.79 Å². The van der Waals surface area contributed by atoms with Crippen molar-refractivity contribution in [2.75, 3.05) is 5.33 Å². The predicted molar refractivity (Wildman–Crippen MR) is 55.3 cm³/mol. The van der Waals surface area contributed by atoms with Crippen LogP contribution in [0.15, 0.2) is 0 Å². The zero-order valence-electron chi connectivity index (χ0n) is 7.63. The normalized spacial score (nSPS) is 28.4. The van der Waals surface area contributed by atoms with Gasteiger partial charge in [0.1, 0.15) is 0 Å². The van der Waals surface area contributed by atoms with E-state index in [0.717, 1.165) is 36.9 Å². The van der Waals surface area contributed by atoms with Crippen molar-refractivity contribution in [1.29, 1.82) is 0 Å². The van der Waals surface area contributed by atoms with Crippen LogP contribution in [0.2, 0.25) is 0 Å². The highest BCUT2D eigenvalue weighted by Gasteiger charge is 2.21. The van der Waals surface area contributed by atoms with Crippen LogP contribution in [0.1, 0.15) is 32.1 Å². The summed E-state index contributed by atoms with van der Waals surface area (Å²) in [6, 6.07) is 0.198. The van der Waals surface area contributed by atoms with Crippen LogP contribution in [0.4, 0.5) is 4.79 Å². The van der Waals surface area contributed by atoms with Gasteiger partial charge in [0.05, 0.1) is 0 Å². The Balaban J connectivity index is 2.18. The zero-order chi connectivity index (χ0) is 9.68. The molecule has 76 valence electrons. The van der Waals surface area contributed by atoms with Crippen LogP contribution in [0, 0.1) is 5.92 Å². The van der Waals surface area contributed by atoms with Gasteiger partial charge in [0.2, 0.25) is 0 Å². The van der Waals surface area contributed by atoms with Crippen LogP contribution in [-0.2, 0) is 0 Å². The van der Waals surface area contributed by atoms with Crippen molar-refractivity contribution in [3.63, 3.8) is 0 Å². The molecule has 0 aromatic heterocycles. The average molecular weight is 250 g/mol. The molecule has 13 heavy (non-hydrogen) atoms. The van der Waals surface area contributed by atoms with Crippen LogP contribution in [0.5, 0.6) is 0 Å². The summed E-state index contributed by atoms with van der Waals surface area (Å²) >= 11 is 3.43. The van der Waals surface area contributed by atoms with E-state index < -0.39 is 6.09 Å². The smallest absolute Gasteiger partial charge is 0.404 e. The van der Waals surface area contributed by atoms with Gasteiger partial charge in [-0.3, -0.25) is 0 Å². The number of carbonyl (C=O) groups is 1. The summed E-state index contributed by atoms with van der Waals surface area (Å²) in [6.45, 7) is 0. The number of halogens is 1. The second kappa shape index (κ2) is 5.47. The Hall–Kier alpha value is -0.250. The van der Waals surface area contributed by atoms with Crippen molar-refractivity contribution in [2.24, 2.45) is 5.92 Å². The molecule has 1 fully saturated rings. The first-order chi connectivity index (χ1) is 6.22. The molecule has 0 atom stereocenters. The van der Waals surface area contributed by atoms with Crippen LogP contribution in [0.25, 0.3) is 0 Å². The summed E-state index contributed by atoms with van der Waals surface area (Å²) in [5.74, 6) is 0.797. The zero-order valence-corrected chi connectivity index (χ0v) is 9.22. The van der Waals surface area contributed by atoms with E-state index in [9.17, 15) is 4.79 Å². The maximum absolute atomic E-state index is 10.4. The van der Waals surface area contributed by atoms with Gasteiger partial charge in [-0.1, -0.05) is 15.9 Å². The molecular weight excluding hydrogens is 234 g/mol. The first-order valence-corrected chi connectivity index (χ1v) is 5.90. The van der Waals surface area contributed by atoms with Gasteiger partial charge in [0.25, 0.3) is 0 Å². The van der Waals surface area contributed by atoms with Gasteiger partial charge in [-0.2, -0.15) is 0 Å². The fourth-order valence-electron chi connectivity index (χ4n) is 1.92. The third-order valence-corrected chi connectivity index (χ3v) is 3.15. The molecule has 0 aromatic rings. The first kappa shape index (κ1) is 10.8. The number of amides is 1. The quantitative estimate of drug-likeness (QED) is 0.756. The van der Waals surface area contributed by atoms with Crippen molar-refractivity contribution < 1.29 is 9.90 Å². The fourth-order valence-corrected chi connectivity index (χ4v) is 2.57. The molecule has 1 saturated carbocycles. The topological polar surface area (TPSA) is 49.3 Å². The van der Waals surface area contributed by atoms with Gasteiger partial charge < -0.3 is 10.4 Å². The Labute approximate surface area is 87.0 Å². The number of hydrogen-bond acceptors (Lipinski definition) is 1. The van der Waals surface area contributed by atoms with Gasteiger partial charge in [-0.15, -0.1) is 0 Å². The second-order valence-corrected chi connectivity index (χ2v) is 4.44. The van der Waals surface area contributed by atoms with E-state index in [2.05, 4.69) is 21.2 Å². The van der Waals surface area contributed by atoms with E-state index in [1.165, 1.54) is 6.42 Å². The van der Waals surface area contributed by atoms with Crippen LogP contribution in [0.3, 0.4) is 0 Å². The lowest BCUT2D eigenvalue weighted by Gasteiger charge is -2.27. The number of alkyl halides is 1. The maximum atomic E-state index is 10.4. The Morgan fingerprint density at radius 1 is 1.38 bits per heavy atom. The first-order valence-electron chi connectivity index (χ1n) is 4.77. The molecule has 4 heteroatoms. The second-order valence-electron chi connectivity index (χ2n) is 3.64. The Morgan fingerprint density at radius 2 is 2.00 bits per heavy atom. The minimum Gasteiger partial charge on any atom is -0.465 e. The molecule has 0 heterocycles. The molecule has 0 saturated heterocycles. The van der Waals surface area contributed by atoms with Crippen molar-refractivity contribution in [2.45, 2.75) is 38.1 Å². The summed E-state index contributed by atoms with van der Waals surface area (Å²) in [4.78, 5) is 10.4. The van der Waals surface area contributed by atoms with Gasteiger partial charge in [-0.05, 0) is 38.0 Å². The molecule has 0 unspecified atom stereocenters. The third kappa shape index (κ3) is 3.98. The van der Waals surface area contributed by atoms with Crippen LogP contribution < -0.4 is 5.32 Å². The number of carboxylic acid groups (broad SMARTS) is 1. The van der Waals surface area contributed by atoms with Crippen molar-refractivity contribution in [3.05, 3.63) is 0 Å². The lowest BCUT2D eigenvalue weighted by atomic mass is 9.85. The number of hydrogen-bond donors (Lipinski definition) is 2. The summed E-state index contributed by atoms with van der Waals surface area (Å²) in [5, 5.41) is 12.1. The summed E-state index contributed by atoms with van der Waals surface area (Å²) in [6.07, 6.45) is 4.67. The van der Waals surface area contributed by atoms with Crippen molar-refractivity contribution in [1.82, 2.24) is 5.32 Å². The van der Waals surface area contributed by atoms with Gasteiger partial charge in [0, 0.05) is 11.4 Å². The minimum absolute atomic E-state index is 0.198. The lowest BCUT2D eigenvalue weighted by Crippen LogP contribution is -2.36. The molecule has 0 spiro atoms. The monoisotopic (exact) mass is 249 g/mol. The highest BCUT2D eigenvalue weighted by Crippen LogP contribution is 2.27. The van der Waals surface area contributed by atoms with E-state index in [0.29, 0.717) is 0 Å². The molecule has 1 rings (SSSR count). The fraction of sp³-hybridized carbons (Fsp3) is 0.889. The van der Waals surface area contributed by atoms with E-state index in [-0.39, 0.29) is 6.04 Å². The molecule has 0 aliphatic heterocycles. The SMILES string of the molecule is O=C(O)N[C@H]1CC[C@@H](CCBr)CC1. The Morgan fingerprint density at radius 3 is 2.46 bits per heavy atom. The average Bonchev–Trinajstić information content (AvgIpc) is 2.08. The molecule has 0 radical (unpaired) electrons. The Kier molecular flexibility index (Phi) is 4.56. The van der Waals surface area contributed by atoms with Crippen molar-refractivity contribution in [3.8, 4) is 0 Å². The van der Waals surface area contributed by atoms with E-state index >= 15 is 0 Å². The summed E-state index contributed by atoms with van der Waals surface area (Å²) in [5.41, 5.74) is 0. The van der Waals surface area contributed by atoms with Crippen LogP contribution >= 0.6 is 15.9 Å². The Bertz CT molecular complexity index is 167. The minimum atomic E-state index is -0.885. The highest BCUT2D eigenvalue weighted by atomic mass is 79.9. The molecule has 0 aromatic carbocycles. The lowest BCUT2D eigenvalue weighted by molar-refractivity contribution is 0.182. The molecule has 2 N–H and O–H groups in total. The van der Waals surface area contributed by atoms with E-state index in [1.54, 1.807) is 0 Å². The van der Waals surface area contributed by atoms with Gasteiger partial charge >= 0.3 is 6.09 Å². The largest absolute Gasteiger partial charge is 0.465 e. The molecule has 1 aliphatic carbocycles. The molecular formula is C9H16BrNO2. The molecule has 3 nitrogen and oxygen atoms in total. The summed E-state index contributed by atoms with van der Waals surface area (Å²) < 4.78 is 0. The van der Waals surface area contributed by atoms with Gasteiger partial charge in [0.15, 0.2) is 0 Å². The summed E-state index contributed by atoms with van der Waals surface area (Å²) in [7, 11) is 0. The van der Waals surface area contributed by atoms with Crippen molar-refractivity contribution >= 4 is 22.0 Å². The molecule has 0 bridgehead atoms.